The van der Waals surface area contributed by atoms with Crippen molar-refractivity contribution in [3.8, 4) is 0 Å². The Kier molecular flexibility index (Phi) is 2.85. The fraction of sp³-hybridized carbons (Fsp3) is 0.500. The van der Waals surface area contributed by atoms with Gasteiger partial charge in [-0.25, -0.2) is 0 Å². The van der Waals surface area contributed by atoms with Gasteiger partial charge < -0.3 is 10.4 Å². The van der Waals surface area contributed by atoms with Crippen molar-refractivity contribution < 1.29 is 5.11 Å². The highest BCUT2D eigenvalue weighted by molar-refractivity contribution is 5.34. The van der Waals surface area contributed by atoms with Gasteiger partial charge in [0.05, 0.1) is 6.61 Å². The van der Waals surface area contributed by atoms with Gasteiger partial charge in [0.25, 0.3) is 0 Å². The third-order valence-electron chi connectivity index (χ3n) is 2.89. The molecule has 0 amide bonds. The molecule has 2 rings (SSSR count). The van der Waals surface area contributed by atoms with Crippen LogP contribution in [-0.2, 0) is 6.42 Å². The molecule has 0 bridgehead atoms. The maximum atomic E-state index is 8.98. The molecule has 14 heavy (non-hydrogen) atoms. The zero-order valence-electron chi connectivity index (χ0n) is 8.53. The molecular formula is C12H17NO. The van der Waals surface area contributed by atoms with Gasteiger partial charge >= 0.3 is 0 Å². The number of aryl methyl sites for hydroxylation is 1. The van der Waals surface area contributed by atoms with Crippen LogP contribution < -0.4 is 5.32 Å². The average Bonchev–Trinajstić information content (AvgIpc) is 2.62. The summed E-state index contributed by atoms with van der Waals surface area (Å²) in [6, 6.07) is 9.18. The zero-order chi connectivity index (χ0) is 9.97. The summed E-state index contributed by atoms with van der Waals surface area (Å²) in [6.45, 7) is 2.22. The molecule has 1 aromatic carbocycles. The van der Waals surface area contributed by atoms with Gasteiger partial charge in [0.1, 0.15) is 0 Å². The number of aliphatic hydroxyl groups is 1. The van der Waals surface area contributed by atoms with Gasteiger partial charge in [-0.3, -0.25) is 0 Å². The van der Waals surface area contributed by atoms with Crippen LogP contribution in [0.2, 0.25) is 0 Å². The van der Waals surface area contributed by atoms with Gasteiger partial charge in [0.15, 0.2) is 0 Å². The van der Waals surface area contributed by atoms with Gasteiger partial charge in [-0.05, 0) is 30.9 Å². The SMILES string of the molecule is C[C@H](CO)N[C@@H]1CCc2ccccc21. The summed E-state index contributed by atoms with van der Waals surface area (Å²) >= 11 is 0. The van der Waals surface area contributed by atoms with Crippen LogP contribution in [0.25, 0.3) is 0 Å². The van der Waals surface area contributed by atoms with E-state index in [0.717, 1.165) is 12.8 Å². The quantitative estimate of drug-likeness (QED) is 0.761. The molecule has 0 saturated carbocycles. The van der Waals surface area contributed by atoms with Crippen molar-refractivity contribution in [1.29, 1.82) is 0 Å². The Morgan fingerprint density at radius 1 is 1.50 bits per heavy atom. The summed E-state index contributed by atoms with van der Waals surface area (Å²) in [5.41, 5.74) is 2.86. The first-order valence-electron chi connectivity index (χ1n) is 5.26. The molecular weight excluding hydrogens is 174 g/mol. The van der Waals surface area contributed by atoms with Gasteiger partial charge in [-0.1, -0.05) is 24.3 Å². The van der Waals surface area contributed by atoms with Crippen LogP contribution >= 0.6 is 0 Å². The number of fused-ring (bicyclic) bond motifs is 1. The van der Waals surface area contributed by atoms with E-state index in [4.69, 9.17) is 5.11 Å². The molecule has 1 aliphatic rings. The highest BCUT2D eigenvalue weighted by Crippen LogP contribution is 2.30. The monoisotopic (exact) mass is 191 g/mol. The van der Waals surface area contributed by atoms with E-state index in [1.807, 2.05) is 6.92 Å². The molecule has 1 aliphatic carbocycles. The number of nitrogens with one attached hydrogen (secondary N) is 1. The summed E-state index contributed by atoms with van der Waals surface area (Å²) in [5, 5.41) is 12.4. The number of benzene rings is 1. The van der Waals surface area contributed by atoms with Crippen molar-refractivity contribution in [2.45, 2.75) is 31.8 Å². The molecule has 76 valence electrons. The molecule has 1 aromatic rings. The van der Waals surface area contributed by atoms with Crippen LogP contribution in [-0.4, -0.2) is 17.8 Å². The molecule has 0 saturated heterocycles. The van der Waals surface area contributed by atoms with Crippen molar-refractivity contribution in [2.75, 3.05) is 6.61 Å². The zero-order valence-corrected chi connectivity index (χ0v) is 8.53. The van der Waals surface area contributed by atoms with E-state index in [-0.39, 0.29) is 12.6 Å². The number of hydrogen-bond acceptors (Lipinski definition) is 2. The normalized spacial score (nSPS) is 22.0. The van der Waals surface area contributed by atoms with Gasteiger partial charge in [0.2, 0.25) is 0 Å². The average molecular weight is 191 g/mol. The summed E-state index contributed by atoms with van der Waals surface area (Å²) in [4.78, 5) is 0. The lowest BCUT2D eigenvalue weighted by atomic mass is 10.1. The Morgan fingerprint density at radius 2 is 2.29 bits per heavy atom. The Bertz CT molecular complexity index is 311. The first-order chi connectivity index (χ1) is 6.81. The van der Waals surface area contributed by atoms with Gasteiger partial charge in [0, 0.05) is 12.1 Å². The molecule has 0 radical (unpaired) electrons. The maximum Gasteiger partial charge on any atom is 0.0582 e. The number of aliphatic hydroxyl groups excluding tert-OH is 1. The molecule has 0 fully saturated rings. The van der Waals surface area contributed by atoms with Crippen LogP contribution in [0.4, 0.5) is 0 Å². The fourth-order valence-corrected chi connectivity index (χ4v) is 2.13. The van der Waals surface area contributed by atoms with Crippen molar-refractivity contribution in [3.63, 3.8) is 0 Å². The lowest BCUT2D eigenvalue weighted by Crippen LogP contribution is -2.32. The molecule has 2 heteroatoms. The van der Waals surface area contributed by atoms with E-state index >= 15 is 0 Å². The Hall–Kier alpha value is -0.860. The second-order valence-corrected chi connectivity index (χ2v) is 4.04. The van der Waals surface area contributed by atoms with E-state index < -0.39 is 0 Å². The number of hydrogen-bond donors (Lipinski definition) is 2. The van der Waals surface area contributed by atoms with Crippen molar-refractivity contribution >= 4 is 0 Å². The third-order valence-corrected chi connectivity index (χ3v) is 2.89. The van der Waals surface area contributed by atoms with E-state index in [9.17, 15) is 0 Å². The lowest BCUT2D eigenvalue weighted by molar-refractivity contribution is 0.240. The van der Waals surface area contributed by atoms with Gasteiger partial charge in [-0.2, -0.15) is 0 Å². The standard InChI is InChI=1S/C12H17NO/c1-9(8-14)13-12-7-6-10-4-2-3-5-11(10)12/h2-5,9,12-14H,6-8H2,1H3/t9-,12-/m1/s1. The summed E-state index contributed by atoms with van der Waals surface area (Å²) in [5.74, 6) is 0. The van der Waals surface area contributed by atoms with Crippen LogP contribution in [0.1, 0.15) is 30.5 Å². The van der Waals surface area contributed by atoms with Crippen LogP contribution in [0, 0.1) is 0 Å². The van der Waals surface area contributed by atoms with E-state index in [2.05, 4.69) is 29.6 Å². The van der Waals surface area contributed by atoms with Crippen molar-refractivity contribution in [3.05, 3.63) is 35.4 Å². The Morgan fingerprint density at radius 3 is 3.07 bits per heavy atom. The minimum absolute atomic E-state index is 0.186. The molecule has 2 nitrogen and oxygen atoms in total. The minimum atomic E-state index is 0.186. The summed E-state index contributed by atoms with van der Waals surface area (Å²) in [6.07, 6.45) is 2.32. The third kappa shape index (κ3) is 1.81. The predicted molar refractivity (Wildman–Crippen MR) is 57.2 cm³/mol. The highest BCUT2D eigenvalue weighted by atomic mass is 16.3. The predicted octanol–water partition coefficient (Wildman–Crippen LogP) is 1.64. The molecule has 0 aromatic heterocycles. The van der Waals surface area contributed by atoms with E-state index in [1.54, 1.807) is 0 Å². The molecule has 2 atom stereocenters. The van der Waals surface area contributed by atoms with Crippen molar-refractivity contribution in [2.24, 2.45) is 0 Å². The van der Waals surface area contributed by atoms with Crippen LogP contribution in [0.5, 0.6) is 0 Å². The van der Waals surface area contributed by atoms with Gasteiger partial charge in [-0.15, -0.1) is 0 Å². The maximum absolute atomic E-state index is 8.98. The van der Waals surface area contributed by atoms with Crippen molar-refractivity contribution in [1.82, 2.24) is 5.32 Å². The Labute approximate surface area is 85.0 Å². The smallest absolute Gasteiger partial charge is 0.0582 e. The summed E-state index contributed by atoms with van der Waals surface area (Å²) in [7, 11) is 0. The molecule has 0 aliphatic heterocycles. The largest absolute Gasteiger partial charge is 0.395 e. The first kappa shape index (κ1) is 9.69. The minimum Gasteiger partial charge on any atom is -0.395 e. The molecule has 0 heterocycles. The highest BCUT2D eigenvalue weighted by Gasteiger charge is 2.22. The Balaban J connectivity index is 2.10. The second kappa shape index (κ2) is 4.11. The van der Waals surface area contributed by atoms with E-state index in [1.165, 1.54) is 11.1 Å². The molecule has 2 N–H and O–H groups in total. The van der Waals surface area contributed by atoms with E-state index in [0.29, 0.717) is 6.04 Å². The second-order valence-electron chi connectivity index (χ2n) is 4.04. The molecule has 0 spiro atoms. The molecule has 0 unspecified atom stereocenters. The summed E-state index contributed by atoms with van der Waals surface area (Å²) < 4.78 is 0. The lowest BCUT2D eigenvalue weighted by Gasteiger charge is -2.18. The van der Waals surface area contributed by atoms with Crippen LogP contribution in [0.15, 0.2) is 24.3 Å². The first-order valence-corrected chi connectivity index (χ1v) is 5.26. The fourth-order valence-electron chi connectivity index (χ4n) is 2.13. The number of rotatable bonds is 3. The van der Waals surface area contributed by atoms with Crippen LogP contribution in [0.3, 0.4) is 0 Å². The topological polar surface area (TPSA) is 32.3 Å².